The minimum atomic E-state index is -1.09. The number of Topliss-reactive ketones (excluding diaryl/α,β-unsaturated/α-hetero) is 1. The zero-order chi connectivity index (χ0) is 23.1. The van der Waals surface area contributed by atoms with Crippen LogP contribution >= 0.6 is 0 Å². The molecule has 2 bridgehead atoms. The van der Waals surface area contributed by atoms with Gasteiger partial charge in [-0.05, 0) is 30.7 Å². The number of hydrogen-bond donors (Lipinski definition) is 0. The lowest BCUT2D eigenvalue weighted by Crippen LogP contribution is -2.48. The molecule has 1 heterocycles. The second kappa shape index (κ2) is 8.43. The Labute approximate surface area is 192 Å². The van der Waals surface area contributed by atoms with E-state index in [2.05, 4.69) is 0 Å². The number of nitrogens with zero attached hydrogens (tertiary/aromatic N) is 1. The maximum absolute atomic E-state index is 13.3. The number of ether oxygens (including phenoxy) is 1. The molecule has 6 heteroatoms. The lowest BCUT2D eigenvalue weighted by atomic mass is 9.85. The lowest BCUT2D eigenvalue weighted by Gasteiger charge is -2.26. The number of amides is 2. The summed E-state index contributed by atoms with van der Waals surface area (Å²) in [5, 5.41) is 0. The van der Waals surface area contributed by atoms with Crippen molar-refractivity contribution in [1.29, 1.82) is 0 Å². The molecule has 1 aliphatic heterocycles. The van der Waals surface area contributed by atoms with Gasteiger partial charge < -0.3 is 4.74 Å². The highest BCUT2D eigenvalue weighted by Crippen LogP contribution is 2.53. The Bertz CT molecular complexity index is 1110. The summed E-state index contributed by atoms with van der Waals surface area (Å²) in [6, 6.07) is 15.1. The van der Waals surface area contributed by atoms with Gasteiger partial charge in [-0.3, -0.25) is 19.3 Å². The third-order valence-electron chi connectivity index (χ3n) is 7.08. The molecule has 6 nitrogen and oxygen atoms in total. The molecule has 5 atom stereocenters. The minimum Gasteiger partial charge on any atom is -0.456 e. The molecule has 168 valence electrons. The largest absolute Gasteiger partial charge is 0.456 e. The topological polar surface area (TPSA) is 80.8 Å². The molecule has 5 rings (SSSR count). The number of fused-ring (bicyclic) bond motifs is 5. The number of esters is 1. The molecule has 3 aliphatic rings. The molecule has 1 saturated heterocycles. The number of likely N-dealkylation sites (tertiary alicyclic amines) is 1. The van der Waals surface area contributed by atoms with Gasteiger partial charge in [-0.15, -0.1) is 0 Å². The van der Waals surface area contributed by atoms with Gasteiger partial charge in [0.25, 0.3) is 0 Å². The van der Waals surface area contributed by atoms with E-state index in [0.29, 0.717) is 5.56 Å². The molecule has 2 aromatic carbocycles. The van der Waals surface area contributed by atoms with Crippen LogP contribution in [-0.4, -0.2) is 41.1 Å². The van der Waals surface area contributed by atoms with Crippen molar-refractivity contribution in [2.75, 3.05) is 6.61 Å². The number of ketones is 1. The average Bonchev–Trinajstić information content (AvgIpc) is 3.51. The molecule has 2 aromatic rings. The second-order valence-electron chi connectivity index (χ2n) is 9.15. The van der Waals surface area contributed by atoms with Crippen LogP contribution < -0.4 is 0 Å². The monoisotopic (exact) mass is 443 g/mol. The van der Waals surface area contributed by atoms with Crippen LogP contribution in [0.25, 0.3) is 0 Å². The number of aryl methyl sites for hydroxylation is 1. The number of carbonyl (C=O) groups is 4. The first-order valence-electron chi connectivity index (χ1n) is 11.3. The lowest BCUT2D eigenvalue weighted by molar-refractivity contribution is -0.158. The predicted octanol–water partition coefficient (Wildman–Crippen LogP) is 3.14. The molecule has 0 radical (unpaired) electrons. The first-order chi connectivity index (χ1) is 15.9. The summed E-state index contributed by atoms with van der Waals surface area (Å²) in [5.74, 6) is -2.35. The van der Waals surface area contributed by atoms with Crippen molar-refractivity contribution in [3.05, 3.63) is 83.4 Å². The van der Waals surface area contributed by atoms with Crippen molar-refractivity contribution in [3.63, 3.8) is 0 Å². The molecule has 2 aliphatic carbocycles. The van der Waals surface area contributed by atoms with Gasteiger partial charge in [-0.2, -0.15) is 0 Å². The molecule has 33 heavy (non-hydrogen) atoms. The fourth-order valence-corrected chi connectivity index (χ4v) is 5.41. The summed E-state index contributed by atoms with van der Waals surface area (Å²) in [6.07, 6.45) is 5.01. The van der Waals surface area contributed by atoms with E-state index in [0.717, 1.165) is 22.4 Å². The standard InChI is InChI=1S/C27H25NO5/c1-16-7-9-18(10-8-16)22(29)15-33-27(32)21(13-17-5-3-2-4-6-17)28-25(30)23-19-11-12-20(14-19)24(23)26(28)31/h2-12,19-21,23-24H,13-15H2,1H3/t19-,20-,21-,23+,24+/m0/s1. The number of hydrogen-bond acceptors (Lipinski definition) is 5. The number of allylic oxidation sites excluding steroid dienone is 2. The molecule has 0 unspecified atom stereocenters. The Kier molecular flexibility index (Phi) is 5.44. The van der Waals surface area contributed by atoms with Crippen LogP contribution in [0.3, 0.4) is 0 Å². The number of imide groups is 1. The zero-order valence-corrected chi connectivity index (χ0v) is 18.3. The summed E-state index contributed by atoms with van der Waals surface area (Å²) in [5.41, 5.74) is 2.27. The summed E-state index contributed by atoms with van der Waals surface area (Å²) in [6.45, 7) is 1.48. The van der Waals surface area contributed by atoms with Crippen molar-refractivity contribution in [2.45, 2.75) is 25.8 Å². The Morgan fingerprint density at radius 3 is 2.15 bits per heavy atom. The Morgan fingerprint density at radius 1 is 0.939 bits per heavy atom. The number of benzene rings is 2. The van der Waals surface area contributed by atoms with Crippen molar-refractivity contribution in [1.82, 2.24) is 4.90 Å². The summed E-state index contributed by atoms with van der Waals surface area (Å²) in [4.78, 5) is 53.4. The molecule has 0 spiro atoms. The average molecular weight is 443 g/mol. The first-order valence-corrected chi connectivity index (χ1v) is 11.3. The van der Waals surface area contributed by atoms with Crippen LogP contribution in [0.2, 0.25) is 0 Å². The highest BCUT2D eigenvalue weighted by Gasteiger charge is 2.61. The van der Waals surface area contributed by atoms with Crippen LogP contribution in [0.5, 0.6) is 0 Å². The van der Waals surface area contributed by atoms with Crippen LogP contribution in [0.4, 0.5) is 0 Å². The third kappa shape index (κ3) is 3.80. The van der Waals surface area contributed by atoms with Crippen LogP contribution in [0.1, 0.15) is 27.9 Å². The molecule has 1 saturated carbocycles. The van der Waals surface area contributed by atoms with Crippen molar-refractivity contribution in [3.8, 4) is 0 Å². The fourth-order valence-electron chi connectivity index (χ4n) is 5.41. The maximum atomic E-state index is 13.3. The van der Waals surface area contributed by atoms with Gasteiger partial charge >= 0.3 is 5.97 Å². The van der Waals surface area contributed by atoms with Gasteiger partial charge in [0.1, 0.15) is 6.04 Å². The van der Waals surface area contributed by atoms with Gasteiger partial charge in [0.05, 0.1) is 11.8 Å². The highest BCUT2D eigenvalue weighted by molar-refractivity contribution is 6.09. The van der Waals surface area contributed by atoms with E-state index in [4.69, 9.17) is 4.74 Å². The van der Waals surface area contributed by atoms with Gasteiger partial charge in [-0.25, -0.2) is 4.79 Å². The smallest absolute Gasteiger partial charge is 0.330 e. The molecular formula is C27H25NO5. The maximum Gasteiger partial charge on any atom is 0.330 e. The van der Waals surface area contributed by atoms with E-state index >= 15 is 0 Å². The quantitative estimate of drug-likeness (QED) is 0.284. The SMILES string of the molecule is Cc1ccc(C(=O)COC(=O)[C@H](Cc2ccccc2)N2C(=O)[C@H]3[C@H](C2=O)[C@H]2C=C[C@H]3C2)cc1. The van der Waals surface area contributed by atoms with E-state index in [-0.39, 0.29) is 35.9 Å². The Hall–Kier alpha value is -3.54. The van der Waals surface area contributed by atoms with E-state index in [1.54, 1.807) is 12.1 Å². The van der Waals surface area contributed by atoms with E-state index in [9.17, 15) is 19.2 Å². The van der Waals surface area contributed by atoms with Crippen LogP contribution in [0.15, 0.2) is 66.7 Å². The van der Waals surface area contributed by atoms with Crippen molar-refractivity contribution >= 4 is 23.6 Å². The van der Waals surface area contributed by atoms with Crippen LogP contribution in [-0.2, 0) is 25.5 Å². The Morgan fingerprint density at radius 2 is 1.55 bits per heavy atom. The second-order valence-corrected chi connectivity index (χ2v) is 9.15. The molecular weight excluding hydrogens is 418 g/mol. The highest BCUT2D eigenvalue weighted by atomic mass is 16.5. The number of rotatable bonds is 7. The molecule has 2 amide bonds. The summed E-state index contributed by atoms with van der Waals surface area (Å²) < 4.78 is 5.37. The predicted molar refractivity (Wildman–Crippen MR) is 120 cm³/mol. The van der Waals surface area contributed by atoms with E-state index in [1.807, 2.05) is 61.5 Å². The van der Waals surface area contributed by atoms with Crippen molar-refractivity contribution in [2.24, 2.45) is 23.7 Å². The van der Waals surface area contributed by atoms with E-state index in [1.165, 1.54) is 0 Å². The normalized spacial score (nSPS) is 25.9. The summed E-state index contributed by atoms with van der Waals surface area (Å²) in [7, 11) is 0. The molecule has 2 fully saturated rings. The third-order valence-corrected chi connectivity index (χ3v) is 7.08. The van der Waals surface area contributed by atoms with E-state index < -0.39 is 30.5 Å². The van der Waals surface area contributed by atoms with Gasteiger partial charge in [0.2, 0.25) is 11.8 Å². The van der Waals surface area contributed by atoms with Gasteiger partial charge in [-0.1, -0.05) is 72.3 Å². The Balaban J connectivity index is 1.36. The molecule has 0 aromatic heterocycles. The first kappa shape index (κ1) is 21.3. The van der Waals surface area contributed by atoms with Gasteiger partial charge in [0, 0.05) is 12.0 Å². The van der Waals surface area contributed by atoms with Crippen LogP contribution in [0, 0.1) is 30.6 Å². The van der Waals surface area contributed by atoms with Gasteiger partial charge in [0.15, 0.2) is 12.4 Å². The van der Waals surface area contributed by atoms with Crippen molar-refractivity contribution < 1.29 is 23.9 Å². The summed E-state index contributed by atoms with van der Waals surface area (Å²) >= 11 is 0. The zero-order valence-electron chi connectivity index (χ0n) is 18.3. The number of carbonyl (C=O) groups excluding carboxylic acids is 4. The molecule has 0 N–H and O–H groups in total. The fraction of sp³-hybridized carbons (Fsp3) is 0.333. The minimum absolute atomic E-state index is 0.0537.